The van der Waals surface area contributed by atoms with E-state index in [1.54, 1.807) is 47.6 Å². The fourth-order valence-corrected chi connectivity index (χ4v) is 4.46. The van der Waals surface area contributed by atoms with Crippen LogP contribution in [0.2, 0.25) is 0 Å². The fraction of sp³-hybridized carbons (Fsp3) is 0.333. The predicted octanol–water partition coefficient (Wildman–Crippen LogP) is 5.93. The number of anilines is 1. The van der Waals surface area contributed by atoms with E-state index in [2.05, 4.69) is 18.3 Å². The van der Waals surface area contributed by atoms with E-state index in [4.69, 9.17) is 4.74 Å². The molecule has 1 aromatic heterocycles. The van der Waals surface area contributed by atoms with Gasteiger partial charge in [-0.2, -0.15) is 0 Å². The van der Waals surface area contributed by atoms with E-state index in [1.165, 1.54) is 5.56 Å². The van der Waals surface area contributed by atoms with Crippen LogP contribution in [-0.2, 0) is 17.9 Å². The number of hydrogen-bond acceptors (Lipinski definition) is 4. The molecule has 3 rings (SSSR count). The number of urea groups is 1. The lowest BCUT2D eigenvalue weighted by molar-refractivity contribution is -0.133. The molecular weight excluding hydrogens is 446 g/mol. The summed E-state index contributed by atoms with van der Waals surface area (Å²) in [7, 11) is 1.60. The van der Waals surface area contributed by atoms with Gasteiger partial charge in [-0.05, 0) is 67.1 Å². The van der Waals surface area contributed by atoms with Crippen molar-refractivity contribution in [3.63, 3.8) is 0 Å². The molecule has 7 heteroatoms. The molecular formula is C27H33N3O3S. The molecule has 34 heavy (non-hydrogen) atoms. The number of ether oxygens (including phenoxy) is 1. The van der Waals surface area contributed by atoms with Gasteiger partial charge in [0.05, 0.1) is 13.7 Å². The zero-order valence-electron chi connectivity index (χ0n) is 20.3. The molecule has 0 saturated carbocycles. The zero-order chi connectivity index (χ0) is 24.5. The molecule has 0 saturated heterocycles. The quantitative estimate of drug-likeness (QED) is 0.392. The number of carbonyl (C=O) groups excluding carboxylic acids is 2. The van der Waals surface area contributed by atoms with Gasteiger partial charge < -0.3 is 19.9 Å². The van der Waals surface area contributed by atoms with E-state index >= 15 is 0 Å². The van der Waals surface area contributed by atoms with Gasteiger partial charge in [-0.1, -0.05) is 37.3 Å². The Labute approximate surface area is 206 Å². The van der Waals surface area contributed by atoms with Gasteiger partial charge in [-0.25, -0.2) is 4.79 Å². The van der Waals surface area contributed by atoms with Crippen LogP contribution in [0.5, 0.6) is 5.75 Å². The first kappa shape index (κ1) is 25.3. The molecule has 3 aromatic rings. The molecule has 0 spiro atoms. The minimum atomic E-state index is -0.292. The largest absolute Gasteiger partial charge is 0.497 e. The summed E-state index contributed by atoms with van der Waals surface area (Å²) in [6.07, 6.45) is 0.742. The highest BCUT2D eigenvalue weighted by Crippen LogP contribution is 2.21. The third-order valence-electron chi connectivity index (χ3n) is 5.90. The van der Waals surface area contributed by atoms with E-state index in [0.29, 0.717) is 24.5 Å². The monoisotopic (exact) mass is 479 g/mol. The maximum atomic E-state index is 13.5. The first-order chi connectivity index (χ1) is 16.4. The molecule has 0 fully saturated rings. The summed E-state index contributed by atoms with van der Waals surface area (Å²) in [6, 6.07) is 18.8. The SMILES string of the molecule is CCC(C)N(CC(=O)N(Cc1ccccc1)Cc1sccc1C)C(=O)Nc1ccc(OC)cc1. The second-order valence-electron chi connectivity index (χ2n) is 8.31. The minimum Gasteiger partial charge on any atom is -0.497 e. The third kappa shape index (κ3) is 6.84. The summed E-state index contributed by atoms with van der Waals surface area (Å²) in [5.74, 6) is 0.634. The minimum absolute atomic E-state index is 0.00819. The molecule has 1 heterocycles. The van der Waals surface area contributed by atoms with Crippen LogP contribution in [0, 0.1) is 6.92 Å². The molecule has 180 valence electrons. The van der Waals surface area contributed by atoms with Crippen molar-refractivity contribution in [1.82, 2.24) is 9.80 Å². The molecule has 3 amide bonds. The van der Waals surface area contributed by atoms with Gasteiger partial charge in [0.15, 0.2) is 0 Å². The molecule has 0 aliphatic heterocycles. The standard InChI is InChI=1S/C27H33N3O3S/c1-5-21(3)30(27(32)28-23-11-13-24(33-4)14-12-23)19-26(31)29(17-22-9-7-6-8-10-22)18-25-20(2)15-16-34-25/h6-16,21H,5,17-19H2,1-4H3,(H,28,32). The molecule has 0 aliphatic rings. The van der Waals surface area contributed by atoms with Crippen molar-refractivity contribution in [1.29, 1.82) is 0 Å². The van der Waals surface area contributed by atoms with Crippen LogP contribution >= 0.6 is 11.3 Å². The number of nitrogens with zero attached hydrogens (tertiary/aromatic N) is 2. The number of thiophene rings is 1. The van der Waals surface area contributed by atoms with Crippen molar-refractivity contribution < 1.29 is 14.3 Å². The number of methoxy groups -OCH3 is 1. The average Bonchev–Trinajstić information content (AvgIpc) is 3.26. The first-order valence-corrected chi connectivity index (χ1v) is 12.4. The second kappa shape index (κ2) is 12.2. The van der Waals surface area contributed by atoms with Gasteiger partial charge in [-0.15, -0.1) is 11.3 Å². The van der Waals surface area contributed by atoms with Gasteiger partial charge in [0.2, 0.25) is 5.91 Å². The van der Waals surface area contributed by atoms with Crippen LogP contribution in [0.1, 0.15) is 36.3 Å². The highest BCUT2D eigenvalue weighted by Gasteiger charge is 2.25. The number of amides is 3. The summed E-state index contributed by atoms with van der Waals surface area (Å²) < 4.78 is 5.18. The van der Waals surface area contributed by atoms with E-state index in [0.717, 1.165) is 16.9 Å². The van der Waals surface area contributed by atoms with Crippen molar-refractivity contribution in [2.24, 2.45) is 0 Å². The number of rotatable bonds is 10. The number of benzene rings is 2. The lowest BCUT2D eigenvalue weighted by atomic mass is 10.2. The summed E-state index contributed by atoms with van der Waals surface area (Å²) in [6.45, 7) is 7.06. The molecule has 2 aromatic carbocycles. The summed E-state index contributed by atoms with van der Waals surface area (Å²) in [4.78, 5) is 31.3. The van der Waals surface area contributed by atoms with Crippen LogP contribution < -0.4 is 10.1 Å². The van der Waals surface area contributed by atoms with Crippen LogP contribution in [-0.4, -0.2) is 41.4 Å². The average molecular weight is 480 g/mol. The maximum absolute atomic E-state index is 13.5. The number of carbonyl (C=O) groups is 2. The normalized spacial score (nSPS) is 11.5. The van der Waals surface area contributed by atoms with Crippen molar-refractivity contribution in [3.8, 4) is 5.75 Å². The Bertz CT molecular complexity index is 1070. The molecule has 0 radical (unpaired) electrons. The Hall–Kier alpha value is -3.32. The first-order valence-electron chi connectivity index (χ1n) is 11.5. The summed E-state index contributed by atoms with van der Waals surface area (Å²) in [5.41, 5.74) is 2.89. The Morgan fingerprint density at radius 2 is 1.74 bits per heavy atom. The molecule has 1 atom stereocenters. The molecule has 1 unspecified atom stereocenters. The number of hydrogen-bond donors (Lipinski definition) is 1. The second-order valence-corrected chi connectivity index (χ2v) is 9.31. The smallest absolute Gasteiger partial charge is 0.322 e. The topological polar surface area (TPSA) is 61.9 Å². The fourth-order valence-electron chi connectivity index (χ4n) is 3.54. The summed E-state index contributed by atoms with van der Waals surface area (Å²) in [5, 5.41) is 4.97. The number of nitrogens with one attached hydrogen (secondary N) is 1. The predicted molar refractivity (Wildman–Crippen MR) is 138 cm³/mol. The Kier molecular flexibility index (Phi) is 9.10. The van der Waals surface area contributed by atoms with E-state index < -0.39 is 0 Å². The van der Waals surface area contributed by atoms with Crippen molar-refractivity contribution in [2.45, 2.75) is 46.3 Å². The van der Waals surface area contributed by atoms with E-state index in [-0.39, 0.29) is 24.5 Å². The van der Waals surface area contributed by atoms with Crippen LogP contribution in [0.15, 0.2) is 66.0 Å². The highest BCUT2D eigenvalue weighted by molar-refractivity contribution is 7.10. The van der Waals surface area contributed by atoms with Crippen LogP contribution in [0.4, 0.5) is 10.5 Å². The lowest BCUT2D eigenvalue weighted by Gasteiger charge is -2.31. The Morgan fingerprint density at radius 3 is 2.32 bits per heavy atom. The summed E-state index contributed by atoms with van der Waals surface area (Å²) >= 11 is 1.65. The van der Waals surface area contributed by atoms with E-state index in [9.17, 15) is 9.59 Å². The van der Waals surface area contributed by atoms with E-state index in [1.807, 2.05) is 54.5 Å². The third-order valence-corrected chi connectivity index (χ3v) is 6.91. The molecule has 0 bridgehead atoms. The highest BCUT2D eigenvalue weighted by atomic mass is 32.1. The Morgan fingerprint density at radius 1 is 1.03 bits per heavy atom. The van der Waals surface area contributed by atoms with Crippen molar-refractivity contribution in [3.05, 3.63) is 82.0 Å². The van der Waals surface area contributed by atoms with Gasteiger partial charge >= 0.3 is 6.03 Å². The van der Waals surface area contributed by atoms with Gasteiger partial charge in [0, 0.05) is 23.2 Å². The van der Waals surface area contributed by atoms with Crippen LogP contribution in [0.25, 0.3) is 0 Å². The van der Waals surface area contributed by atoms with Crippen molar-refractivity contribution >= 4 is 29.0 Å². The van der Waals surface area contributed by atoms with Gasteiger partial charge in [-0.3, -0.25) is 4.79 Å². The van der Waals surface area contributed by atoms with Gasteiger partial charge in [0.25, 0.3) is 0 Å². The van der Waals surface area contributed by atoms with Crippen molar-refractivity contribution in [2.75, 3.05) is 19.0 Å². The molecule has 0 aliphatic carbocycles. The molecule has 1 N–H and O–H groups in total. The molecule has 6 nitrogen and oxygen atoms in total. The number of aryl methyl sites for hydroxylation is 1. The van der Waals surface area contributed by atoms with Crippen LogP contribution in [0.3, 0.4) is 0 Å². The maximum Gasteiger partial charge on any atom is 0.322 e. The Balaban J connectivity index is 1.77. The lowest BCUT2D eigenvalue weighted by Crippen LogP contribution is -2.47. The zero-order valence-corrected chi connectivity index (χ0v) is 21.1. The van der Waals surface area contributed by atoms with Gasteiger partial charge in [0.1, 0.15) is 12.3 Å².